The monoisotopic (exact) mass is 743 g/mol. The Hall–Kier alpha value is -3.98. The van der Waals surface area contributed by atoms with Crippen LogP contribution in [0, 0.1) is 31.5 Å². The summed E-state index contributed by atoms with van der Waals surface area (Å²) in [7, 11) is -4.56. The number of benzene rings is 3. The van der Waals surface area contributed by atoms with Crippen LogP contribution in [0.5, 0.6) is 0 Å². The smallest absolute Gasteiger partial charge is 0.430 e. The number of likely N-dealkylation sites (tertiary alicyclic amines) is 1. The maximum Gasteiger partial charge on any atom is 0.430 e. The molecule has 15 heteroatoms. The molecular weight excluding hydrogens is 707 g/mol. The number of nitrogens with zero attached hydrogens (tertiary/aromatic N) is 1. The number of halogens is 7. The van der Waals surface area contributed by atoms with E-state index in [2.05, 4.69) is 0 Å². The molecule has 0 spiro atoms. The third-order valence-electron chi connectivity index (χ3n) is 10.3. The van der Waals surface area contributed by atoms with Gasteiger partial charge in [0, 0.05) is 24.6 Å². The van der Waals surface area contributed by atoms with Crippen LogP contribution in [0.25, 0.3) is 0 Å². The van der Waals surface area contributed by atoms with Gasteiger partial charge in [0.25, 0.3) is 5.60 Å². The number of ether oxygens (including phenoxy) is 1. The first-order valence-electron chi connectivity index (χ1n) is 16.2. The van der Waals surface area contributed by atoms with Crippen LogP contribution in [-0.4, -0.2) is 55.7 Å². The van der Waals surface area contributed by atoms with Crippen LogP contribution in [0.3, 0.4) is 0 Å². The summed E-state index contributed by atoms with van der Waals surface area (Å²) in [5.74, 6) is -3.37. The molecule has 1 atom stereocenters. The van der Waals surface area contributed by atoms with Gasteiger partial charge in [-0.05, 0) is 92.5 Å². The number of aryl methyl sites for hydroxylation is 2. The largest absolute Gasteiger partial charge is 0.481 e. The van der Waals surface area contributed by atoms with Gasteiger partial charge >= 0.3 is 18.3 Å². The molecule has 1 N–H and O–H groups in total. The van der Waals surface area contributed by atoms with Crippen LogP contribution in [0.15, 0.2) is 71.6 Å². The number of alkyl halides is 6. The lowest BCUT2D eigenvalue weighted by Gasteiger charge is -2.38. The third-order valence-corrected chi connectivity index (χ3v) is 12.8. The van der Waals surface area contributed by atoms with Gasteiger partial charge in [-0.3, -0.25) is 9.59 Å². The number of carboxylic acid groups (broad SMARTS) is 1. The molecular formula is C36H36F7NO6S. The number of rotatable bonds is 9. The molecule has 3 aromatic carbocycles. The molecule has 5 rings (SSSR count). The second-order valence-electron chi connectivity index (χ2n) is 13.3. The number of carbonyl (C=O) groups excluding carboxylic acids is 1. The second-order valence-corrected chi connectivity index (χ2v) is 15.5. The molecule has 7 nitrogen and oxygen atoms in total. The Balaban J connectivity index is 1.56. The SMILES string of the molecule is Cc1cccc(C)c1COC(c1ccc([C@]2(S(=O)(=O)c3ccc(F)cc3)CCN(C(=O)[C@H]3CC[C@H](C(=O)O)CC3)C2)cc1)(C(F)(F)F)C(F)(F)F. The minimum atomic E-state index is -6.00. The van der Waals surface area contributed by atoms with Crippen LogP contribution in [-0.2, 0) is 41.1 Å². The number of amides is 1. The van der Waals surface area contributed by atoms with Crippen molar-refractivity contribution in [2.45, 2.75) is 80.2 Å². The Morgan fingerprint density at radius 2 is 1.37 bits per heavy atom. The summed E-state index contributed by atoms with van der Waals surface area (Å²) in [5.41, 5.74) is -5.30. The minimum absolute atomic E-state index is 0.117. The zero-order valence-corrected chi connectivity index (χ0v) is 28.5. The van der Waals surface area contributed by atoms with E-state index in [1.165, 1.54) is 30.9 Å². The van der Waals surface area contributed by atoms with Crippen LogP contribution in [0.4, 0.5) is 30.7 Å². The van der Waals surface area contributed by atoms with Crippen LogP contribution in [0.2, 0.25) is 0 Å². The lowest BCUT2D eigenvalue weighted by atomic mass is 9.81. The van der Waals surface area contributed by atoms with Crippen molar-refractivity contribution in [3.63, 3.8) is 0 Å². The predicted octanol–water partition coefficient (Wildman–Crippen LogP) is 7.77. The Morgan fingerprint density at radius 1 is 0.843 bits per heavy atom. The van der Waals surface area contributed by atoms with Gasteiger partial charge in [-0.25, -0.2) is 12.8 Å². The number of carboxylic acids is 1. The number of aliphatic carboxylic acids is 1. The van der Waals surface area contributed by atoms with Crippen molar-refractivity contribution in [3.05, 3.63) is 100 Å². The fraction of sp³-hybridized carbons (Fsp3) is 0.444. The van der Waals surface area contributed by atoms with Gasteiger partial charge in [-0.1, -0.05) is 42.5 Å². The van der Waals surface area contributed by atoms with E-state index in [9.17, 15) is 53.8 Å². The second kappa shape index (κ2) is 13.9. The van der Waals surface area contributed by atoms with Gasteiger partial charge in [0.2, 0.25) is 5.91 Å². The lowest BCUT2D eigenvalue weighted by molar-refractivity contribution is -0.392. The summed E-state index contributed by atoms with van der Waals surface area (Å²) in [6.45, 7) is 1.42. The maximum absolute atomic E-state index is 14.7. The quantitative estimate of drug-likeness (QED) is 0.178. The predicted molar refractivity (Wildman–Crippen MR) is 170 cm³/mol. The molecule has 0 aromatic heterocycles. The van der Waals surface area contributed by atoms with Crippen molar-refractivity contribution in [2.24, 2.45) is 11.8 Å². The van der Waals surface area contributed by atoms with Crippen LogP contribution >= 0.6 is 0 Å². The highest BCUT2D eigenvalue weighted by Gasteiger charge is 2.73. The summed E-state index contributed by atoms with van der Waals surface area (Å²) < 4.78 is 134. The Morgan fingerprint density at radius 3 is 1.88 bits per heavy atom. The normalized spacial score (nSPS) is 21.9. The molecule has 0 radical (unpaired) electrons. The zero-order chi connectivity index (χ0) is 37.6. The van der Waals surface area contributed by atoms with E-state index >= 15 is 0 Å². The molecule has 1 saturated heterocycles. The first-order chi connectivity index (χ1) is 23.7. The van der Waals surface area contributed by atoms with Gasteiger partial charge in [0.15, 0.2) is 9.84 Å². The Kier molecular flexibility index (Phi) is 10.4. The van der Waals surface area contributed by atoms with Crippen molar-refractivity contribution in [2.75, 3.05) is 13.1 Å². The number of hydrogen-bond acceptors (Lipinski definition) is 5. The van der Waals surface area contributed by atoms with Crippen LogP contribution in [0.1, 0.15) is 59.9 Å². The van der Waals surface area contributed by atoms with Crippen LogP contribution < -0.4 is 0 Å². The van der Waals surface area contributed by atoms with Gasteiger partial charge in [-0.2, -0.15) is 26.3 Å². The third kappa shape index (κ3) is 6.86. The summed E-state index contributed by atoms with van der Waals surface area (Å²) in [6.07, 6.45) is -11.3. The van der Waals surface area contributed by atoms with Gasteiger partial charge in [0.1, 0.15) is 10.6 Å². The molecule has 0 unspecified atom stereocenters. The summed E-state index contributed by atoms with van der Waals surface area (Å²) in [4.78, 5) is 25.9. The van der Waals surface area contributed by atoms with E-state index in [0.717, 1.165) is 36.4 Å². The van der Waals surface area contributed by atoms with E-state index < -0.39 is 80.8 Å². The lowest BCUT2D eigenvalue weighted by Crippen LogP contribution is -2.56. The number of sulfone groups is 1. The van der Waals surface area contributed by atoms with E-state index in [1.807, 2.05) is 0 Å². The number of hydrogen-bond donors (Lipinski definition) is 1. The highest BCUT2D eigenvalue weighted by atomic mass is 32.2. The van der Waals surface area contributed by atoms with Gasteiger partial charge in [0.05, 0.1) is 17.4 Å². The maximum atomic E-state index is 14.7. The van der Waals surface area contributed by atoms with E-state index in [-0.39, 0.29) is 54.7 Å². The Bertz CT molecular complexity index is 1840. The van der Waals surface area contributed by atoms with Gasteiger partial charge in [-0.15, -0.1) is 0 Å². The summed E-state index contributed by atoms with van der Waals surface area (Å²) in [6, 6.07) is 11.3. The van der Waals surface area contributed by atoms with Crippen molar-refractivity contribution in [1.82, 2.24) is 4.90 Å². The summed E-state index contributed by atoms with van der Waals surface area (Å²) in [5, 5.41) is 9.33. The van der Waals surface area contributed by atoms with E-state index in [4.69, 9.17) is 4.74 Å². The molecule has 3 aromatic rings. The molecule has 1 aliphatic carbocycles. The summed E-state index contributed by atoms with van der Waals surface area (Å²) >= 11 is 0. The van der Waals surface area contributed by atoms with Crippen molar-refractivity contribution in [3.8, 4) is 0 Å². The van der Waals surface area contributed by atoms with E-state index in [1.54, 1.807) is 6.07 Å². The zero-order valence-electron chi connectivity index (χ0n) is 27.7. The minimum Gasteiger partial charge on any atom is -0.481 e. The molecule has 0 bridgehead atoms. The van der Waals surface area contributed by atoms with Crippen molar-refractivity contribution >= 4 is 21.7 Å². The first kappa shape index (κ1) is 38.3. The van der Waals surface area contributed by atoms with E-state index in [0.29, 0.717) is 23.3 Å². The fourth-order valence-corrected chi connectivity index (χ4v) is 9.34. The highest BCUT2D eigenvalue weighted by molar-refractivity contribution is 7.92. The average molecular weight is 744 g/mol. The van der Waals surface area contributed by atoms with Crippen molar-refractivity contribution in [1.29, 1.82) is 0 Å². The molecule has 1 aliphatic heterocycles. The molecule has 1 heterocycles. The molecule has 1 amide bonds. The first-order valence-corrected chi connectivity index (χ1v) is 17.7. The molecule has 2 fully saturated rings. The number of carbonyl (C=O) groups is 2. The van der Waals surface area contributed by atoms with Crippen molar-refractivity contribution < 1.29 is 58.6 Å². The highest BCUT2D eigenvalue weighted by Crippen LogP contribution is 2.54. The molecule has 2 aliphatic rings. The molecule has 1 saturated carbocycles. The molecule has 51 heavy (non-hydrogen) atoms. The topological polar surface area (TPSA) is 101 Å². The standard InChI is InChI=1S/C36H36F7NO6S/c1-22-4-3-5-23(2)30(22)20-50-34(35(38,39)40,36(41,42)43)27-12-10-26(11-13-27)33(51(48,49)29-16-14-28(37)15-17-29)18-19-44(21-33)31(45)24-6-8-25(9-7-24)32(46)47/h3-5,10-17,24-25H,6-9,18-21H2,1-2H3,(H,46,47)/t24-,25-,33-/m0/s1. The Labute approximate surface area is 290 Å². The molecule has 276 valence electrons. The fourth-order valence-electron chi connectivity index (χ4n) is 7.27. The van der Waals surface area contributed by atoms with Gasteiger partial charge < -0.3 is 14.7 Å². The average Bonchev–Trinajstić information content (AvgIpc) is 3.53.